The highest BCUT2D eigenvalue weighted by Crippen LogP contribution is 2.42. The molecule has 0 radical (unpaired) electrons. The van der Waals surface area contributed by atoms with E-state index >= 15 is 0 Å². The van der Waals surface area contributed by atoms with Gasteiger partial charge in [-0.2, -0.15) is 0 Å². The molecule has 2 rings (SSSR count). The standard InChI is InChI=1S/C12H17NOS/c13-9-12(5-7-14)6-8-15-11-4-2-1-3-10(11)12/h1-4,14H,5-9,13H2. The second-order valence-electron chi connectivity index (χ2n) is 4.05. The molecule has 0 aliphatic carbocycles. The zero-order valence-electron chi connectivity index (χ0n) is 8.78. The summed E-state index contributed by atoms with van der Waals surface area (Å²) in [6, 6.07) is 8.44. The Labute approximate surface area is 94.9 Å². The number of aliphatic hydroxyl groups is 1. The maximum absolute atomic E-state index is 9.18. The highest BCUT2D eigenvalue weighted by atomic mass is 32.2. The average Bonchev–Trinajstić information content (AvgIpc) is 2.30. The molecule has 0 spiro atoms. The van der Waals surface area contributed by atoms with E-state index in [1.54, 1.807) is 0 Å². The van der Waals surface area contributed by atoms with Gasteiger partial charge in [-0.1, -0.05) is 18.2 Å². The molecule has 0 saturated carbocycles. The van der Waals surface area contributed by atoms with Gasteiger partial charge in [0, 0.05) is 23.5 Å². The SMILES string of the molecule is NCC1(CCO)CCSc2ccccc21. The van der Waals surface area contributed by atoms with Crippen molar-refractivity contribution in [1.29, 1.82) is 0 Å². The van der Waals surface area contributed by atoms with Crippen LogP contribution in [-0.2, 0) is 5.41 Å². The number of benzene rings is 1. The van der Waals surface area contributed by atoms with Gasteiger partial charge in [0.2, 0.25) is 0 Å². The molecule has 1 aromatic carbocycles. The maximum atomic E-state index is 9.18. The van der Waals surface area contributed by atoms with Gasteiger partial charge in [-0.25, -0.2) is 0 Å². The van der Waals surface area contributed by atoms with Gasteiger partial charge in [0.05, 0.1) is 0 Å². The molecule has 15 heavy (non-hydrogen) atoms. The lowest BCUT2D eigenvalue weighted by Crippen LogP contribution is -2.39. The number of thioether (sulfide) groups is 1. The molecule has 1 aromatic rings. The third kappa shape index (κ3) is 1.92. The van der Waals surface area contributed by atoms with Crippen LogP contribution < -0.4 is 5.73 Å². The zero-order valence-corrected chi connectivity index (χ0v) is 9.59. The number of rotatable bonds is 3. The van der Waals surface area contributed by atoms with Crippen molar-refractivity contribution in [3.63, 3.8) is 0 Å². The van der Waals surface area contributed by atoms with Gasteiger partial charge in [0.15, 0.2) is 0 Å². The second kappa shape index (κ2) is 4.56. The maximum Gasteiger partial charge on any atom is 0.0440 e. The summed E-state index contributed by atoms with van der Waals surface area (Å²) in [4.78, 5) is 1.34. The predicted molar refractivity (Wildman–Crippen MR) is 64.2 cm³/mol. The number of hydrogen-bond donors (Lipinski definition) is 2. The van der Waals surface area contributed by atoms with Crippen LogP contribution in [0.2, 0.25) is 0 Å². The third-order valence-corrected chi connectivity index (χ3v) is 4.35. The fourth-order valence-electron chi connectivity index (χ4n) is 2.31. The van der Waals surface area contributed by atoms with Gasteiger partial charge in [0.1, 0.15) is 0 Å². The number of aliphatic hydroxyl groups excluding tert-OH is 1. The van der Waals surface area contributed by atoms with Crippen molar-refractivity contribution in [2.75, 3.05) is 18.9 Å². The molecule has 82 valence electrons. The van der Waals surface area contributed by atoms with Crippen LogP contribution in [0, 0.1) is 0 Å². The Bertz CT molecular complexity index is 342. The first-order valence-electron chi connectivity index (χ1n) is 5.36. The van der Waals surface area contributed by atoms with Crippen LogP contribution in [-0.4, -0.2) is 24.0 Å². The first kappa shape index (κ1) is 11.0. The molecule has 1 unspecified atom stereocenters. The molecule has 0 fully saturated rings. The molecule has 1 aliphatic heterocycles. The van der Waals surface area contributed by atoms with Crippen molar-refractivity contribution < 1.29 is 5.11 Å². The van der Waals surface area contributed by atoms with Crippen molar-refractivity contribution >= 4 is 11.8 Å². The topological polar surface area (TPSA) is 46.2 Å². The largest absolute Gasteiger partial charge is 0.396 e. The van der Waals surface area contributed by atoms with Crippen LogP contribution in [0.5, 0.6) is 0 Å². The van der Waals surface area contributed by atoms with E-state index in [0.29, 0.717) is 6.54 Å². The minimum atomic E-state index is 0.0105. The summed E-state index contributed by atoms with van der Waals surface area (Å²) in [5.41, 5.74) is 7.26. The van der Waals surface area contributed by atoms with Crippen molar-refractivity contribution in [1.82, 2.24) is 0 Å². The Hall–Kier alpha value is -0.510. The van der Waals surface area contributed by atoms with Crippen LogP contribution >= 0.6 is 11.8 Å². The van der Waals surface area contributed by atoms with Gasteiger partial charge < -0.3 is 10.8 Å². The van der Waals surface area contributed by atoms with Crippen LogP contribution in [0.25, 0.3) is 0 Å². The minimum absolute atomic E-state index is 0.0105. The van der Waals surface area contributed by atoms with Gasteiger partial charge in [-0.3, -0.25) is 0 Å². The fraction of sp³-hybridized carbons (Fsp3) is 0.500. The van der Waals surface area contributed by atoms with Crippen molar-refractivity contribution in [3.8, 4) is 0 Å². The minimum Gasteiger partial charge on any atom is -0.396 e. The summed E-state index contributed by atoms with van der Waals surface area (Å²) >= 11 is 1.90. The molecule has 1 aliphatic rings. The number of nitrogens with two attached hydrogens (primary N) is 1. The molecule has 1 heterocycles. The lowest BCUT2D eigenvalue weighted by molar-refractivity contribution is 0.233. The normalized spacial score (nSPS) is 24.9. The quantitative estimate of drug-likeness (QED) is 0.821. The van der Waals surface area contributed by atoms with Crippen LogP contribution in [0.4, 0.5) is 0 Å². The Kier molecular flexibility index (Phi) is 3.34. The monoisotopic (exact) mass is 223 g/mol. The van der Waals surface area contributed by atoms with E-state index in [9.17, 15) is 5.11 Å². The Morgan fingerprint density at radius 1 is 1.40 bits per heavy atom. The lowest BCUT2D eigenvalue weighted by Gasteiger charge is -2.37. The van der Waals surface area contributed by atoms with Crippen molar-refractivity contribution in [2.45, 2.75) is 23.2 Å². The van der Waals surface area contributed by atoms with Gasteiger partial charge >= 0.3 is 0 Å². The van der Waals surface area contributed by atoms with E-state index in [0.717, 1.165) is 18.6 Å². The van der Waals surface area contributed by atoms with Crippen LogP contribution in [0.1, 0.15) is 18.4 Å². The number of hydrogen-bond acceptors (Lipinski definition) is 3. The molecule has 0 aromatic heterocycles. The molecule has 3 N–H and O–H groups in total. The molecular formula is C12H17NOS. The Morgan fingerprint density at radius 2 is 2.20 bits per heavy atom. The molecular weight excluding hydrogens is 206 g/mol. The third-order valence-electron chi connectivity index (χ3n) is 3.28. The smallest absolute Gasteiger partial charge is 0.0440 e. The number of fused-ring (bicyclic) bond motifs is 1. The molecule has 0 amide bonds. The average molecular weight is 223 g/mol. The van der Waals surface area contributed by atoms with E-state index in [1.807, 2.05) is 11.8 Å². The Balaban J connectivity index is 2.42. The summed E-state index contributed by atoms with van der Waals surface area (Å²) in [5.74, 6) is 1.11. The van der Waals surface area contributed by atoms with E-state index in [2.05, 4.69) is 24.3 Å². The van der Waals surface area contributed by atoms with Gasteiger partial charge in [-0.05, 0) is 30.2 Å². The zero-order chi connectivity index (χ0) is 10.7. The summed E-state index contributed by atoms with van der Waals surface area (Å²) in [6.07, 6.45) is 1.85. The Morgan fingerprint density at radius 3 is 2.93 bits per heavy atom. The summed E-state index contributed by atoms with van der Waals surface area (Å²) in [7, 11) is 0. The fourth-order valence-corrected chi connectivity index (χ4v) is 3.64. The molecule has 2 nitrogen and oxygen atoms in total. The molecule has 3 heteroatoms. The van der Waals surface area contributed by atoms with Crippen molar-refractivity contribution in [3.05, 3.63) is 29.8 Å². The molecule has 0 bridgehead atoms. The first-order valence-corrected chi connectivity index (χ1v) is 6.34. The summed E-state index contributed by atoms with van der Waals surface area (Å²) in [6.45, 7) is 0.849. The van der Waals surface area contributed by atoms with E-state index < -0.39 is 0 Å². The van der Waals surface area contributed by atoms with Crippen LogP contribution in [0.15, 0.2) is 29.2 Å². The van der Waals surface area contributed by atoms with Crippen molar-refractivity contribution in [2.24, 2.45) is 5.73 Å². The summed E-state index contributed by atoms with van der Waals surface area (Å²) in [5, 5.41) is 9.18. The lowest BCUT2D eigenvalue weighted by atomic mass is 9.75. The van der Waals surface area contributed by atoms with Gasteiger partial charge in [-0.15, -0.1) is 11.8 Å². The molecule has 1 atom stereocenters. The molecule has 0 saturated heterocycles. The predicted octanol–water partition coefficient (Wildman–Crippen LogP) is 1.76. The van der Waals surface area contributed by atoms with E-state index in [4.69, 9.17) is 5.73 Å². The summed E-state index contributed by atoms with van der Waals surface area (Å²) < 4.78 is 0. The van der Waals surface area contributed by atoms with Crippen LogP contribution in [0.3, 0.4) is 0 Å². The van der Waals surface area contributed by atoms with Gasteiger partial charge in [0.25, 0.3) is 0 Å². The first-order chi connectivity index (χ1) is 7.32. The highest BCUT2D eigenvalue weighted by Gasteiger charge is 2.34. The van der Waals surface area contributed by atoms with E-state index in [-0.39, 0.29) is 12.0 Å². The highest BCUT2D eigenvalue weighted by molar-refractivity contribution is 7.99. The van der Waals surface area contributed by atoms with E-state index in [1.165, 1.54) is 10.5 Å². The second-order valence-corrected chi connectivity index (χ2v) is 5.19.